The highest BCUT2D eigenvalue weighted by molar-refractivity contribution is 8.04. The SMILES string of the molecule is CCCCOc1ccc(C(C)NC(=O)C=C2Sc3ccccc3NC2=O)cc1. The summed E-state index contributed by atoms with van der Waals surface area (Å²) >= 11 is 1.30. The number of ether oxygens (including phenoxy) is 1. The molecule has 0 aromatic heterocycles. The molecule has 0 radical (unpaired) electrons. The number of nitrogens with one attached hydrogen (secondary N) is 2. The second kappa shape index (κ2) is 9.46. The number of hydrogen-bond donors (Lipinski definition) is 2. The van der Waals surface area contributed by atoms with Crippen molar-refractivity contribution in [3.05, 3.63) is 65.1 Å². The molecule has 1 unspecified atom stereocenters. The zero-order chi connectivity index (χ0) is 19.9. The number of carbonyl (C=O) groups is 2. The van der Waals surface area contributed by atoms with Crippen LogP contribution < -0.4 is 15.4 Å². The van der Waals surface area contributed by atoms with E-state index in [1.807, 2.05) is 55.5 Å². The Hall–Kier alpha value is -2.73. The van der Waals surface area contributed by atoms with Gasteiger partial charge in [0.05, 0.1) is 23.2 Å². The minimum absolute atomic E-state index is 0.182. The van der Waals surface area contributed by atoms with E-state index in [-0.39, 0.29) is 17.9 Å². The summed E-state index contributed by atoms with van der Waals surface area (Å²) in [5, 5.41) is 5.72. The Morgan fingerprint density at radius 2 is 1.96 bits per heavy atom. The Morgan fingerprint density at radius 1 is 1.21 bits per heavy atom. The second-order valence-electron chi connectivity index (χ2n) is 6.56. The molecule has 0 bridgehead atoms. The molecule has 1 atom stereocenters. The summed E-state index contributed by atoms with van der Waals surface area (Å²) in [5.74, 6) is 0.264. The van der Waals surface area contributed by atoms with E-state index in [1.165, 1.54) is 17.8 Å². The van der Waals surface area contributed by atoms with Crippen LogP contribution in [0.5, 0.6) is 5.75 Å². The average molecular weight is 397 g/mol. The minimum atomic E-state index is -0.298. The highest BCUT2D eigenvalue weighted by atomic mass is 32.2. The second-order valence-corrected chi connectivity index (χ2v) is 7.65. The predicted molar refractivity (Wildman–Crippen MR) is 112 cm³/mol. The number of rotatable bonds is 7. The molecular formula is C22H24N2O3S. The first-order valence-corrected chi connectivity index (χ1v) is 10.2. The zero-order valence-electron chi connectivity index (χ0n) is 16.0. The van der Waals surface area contributed by atoms with E-state index in [0.29, 0.717) is 11.5 Å². The lowest BCUT2D eigenvalue weighted by molar-refractivity contribution is -0.118. The summed E-state index contributed by atoms with van der Waals surface area (Å²) in [6.07, 6.45) is 3.48. The van der Waals surface area contributed by atoms with Gasteiger partial charge in [-0.1, -0.05) is 49.4 Å². The van der Waals surface area contributed by atoms with Gasteiger partial charge >= 0.3 is 0 Å². The molecule has 2 aromatic rings. The molecule has 0 aliphatic carbocycles. The standard InChI is InChI=1S/C22H24N2O3S/c1-3-4-13-27-17-11-9-16(10-12-17)15(2)23-21(25)14-20-22(26)24-18-7-5-6-8-19(18)28-20/h5-12,14-15H,3-4,13H2,1-2H3,(H,23,25)(H,24,26). The van der Waals surface area contributed by atoms with Crippen LogP contribution in [0.2, 0.25) is 0 Å². The Morgan fingerprint density at radius 3 is 2.71 bits per heavy atom. The van der Waals surface area contributed by atoms with Crippen LogP contribution in [0.15, 0.2) is 64.4 Å². The maximum Gasteiger partial charge on any atom is 0.262 e. The van der Waals surface area contributed by atoms with Gasteiger partial charge in [0, 0.05) is 11.0 Å². The maximum atomic E-state index is 12.4. The largest absolute Gasteiger partial charge is 0.494 e. The lowest BCUT2D eigenvalue weighted by atomic mass is 10.1. The number of amides is 2. The van der Waals surface area contributed by atoms with Gasteiger partial charge in [-0.3, -0.25) is 9.59 Å². The molecule has 0 spiro atoms. The molecule has 0 fully saturated rings. The molecule has 1 aliphatic heterocycles. The van der Waals surface area contributed by atoms with Crippen molar-refractivity contribution in [3.63, 3.8) is 0 Å². The number of unbranched alkanes of at least 4 members (excludes halogenated alkanes) is 1. The van der Waals surface area contributed by atoms with Crippen molar-refractivity contribution in [2.75, 3.05) is 11.9 Å². The number of para-hydroxylation sites is 1. The summed E-state index contributed by atoms with van der Waals surface area (Å²) in [7, 11) is 0. The molecule has 1 aliphatic rings. The first kappa shape index (κ1) is 20.0. The van der Waals surface area contributed by atoms with Gasteiger partial charge < -0.3 is 15.4 Å². The van der Waals surface area contributed by atoms with Crippen molar-refractivity contribution in [2.24, 2.45) is 0 Å². The van der Waals surface area contributed by atoms with Crippen LogP contribution in [-0.2, 0) is 9.59 Å². The van der Waals surface area contributed by atoms with Gasteiger partial charge in [-0.25, -0.2) is 0 Å². The molecule has 146 valence electrons. The van der Waals surface area contributed by atoms with Gasteiger partial charge in [0.25, 0.3) is 5.91 Å². The molecule has 0 saturated heterocycles. The molecular weight excluding hydrogens is 372 g/mol. The Labute approximate surface area is 169 Å². The normalized spacial score (nSPS) is 15.5. The van der Waals surface area contributed by atoms with E-state index in [2.05, 4.69) is 17.6 Å². The Bertz CT molecular complexity index is 878. The quantitative estimate of drug-likeness (QED) is 0.527. The lowest BCUT2D eigenvalue weighted by Crippen LogP contribution is -2.26. The van der Waals surface area contributed by atoms with Crippen molar-refractivity contribution in [2.45, 2.75) is 37.6 Å². The van der Waals surface area contributed by atoms with Crippen molar-refractivity contribution in [1.29, 1.82) is 0 Å². The van der Waals surface area contributed by atoms with E-state index < -0.39 is 0 Å². The predicted octanol–water partition coefficient (Wildman–Crippen LogP) is 4.67. The molecule has 2 aromatic carbocycles. The van der Waals surface area contributed by atoms with Crippen LogP contribution in [0.25, 0.3) is 0 Å². The van der Waals surface area contributed by atoms with E-state index >= 15 is 0 Å². The van der Waals surface area contributed by atoms with Crippen molar-refractivity contribution in [1.82, 2.24) is 5.32 Å². The van der Waals surface area contributed by atoms with Gasteiger partial charge in [0.2, 0.25) is 5.91 Å². The van der Waals surface area contributed by atoms with Crippen LogP contribution in [-0.4, -0.2) is 18.4 Å². The highest BCUT2D eigenvalue weighted by Crippen LogP contribution is 2.37. The lowest BCUT2D eigenvalue weighted by Gasteiger charge is -2.18. The van der Waals surface area contributed by atoms with Gasteiger partial charge in [0.15, 0.2) is 0 Å². The smallest absolute Gasteiger partial charge is 0.262 e. The molecule has 28 heavy (non-hydrogen) atoms. The first-order valence-electron chi connectivity index (χ1n) is 9.40. The maximum absolute atomic E-state index is 12.4. The fraction of sp³-hybridized carbons (Fsp3) is 0.273. The first-order chi connectivity index (χ1) is 13.6. The topological polar surface area (TPSA) is 67.4 Å². The molecule has 2 N–H and O–H groups in total. The van der Waals surface area contributed by atoms with Crippen LogP contribution in [0.3, 0.4) is 0 Å². The summed E-state index contributed by atoms with van der Waals surface area (Å²) in [6, 6.07) is 15.0. The number of benzene rings is 2. The van der Waals surface area contributed by atoms with Gasteiger partial charge in [-0.2, -0.15) is 0 Å². The molecule has 2 amide bonds. The van der Waals surface area contributed by atoms with E-state index in [1.54, 1.807) is 0 Å². The Kier molecular flexibility index (Phi) is 6.76. The molecule has 1 heterocycles. The summed E-state index contributed by atoms with van der Waals surface area (Å²) in [4.78, 5) is 25.9. The number of thioether (sulfide) groups is 1. The van der Waals surface area contributed by atoms with E-state index in [0.717, 1.165) is 34.7 Å². The number of anilines is 1. The zero-order valence-corrected chi connectivity index (χ0v) is 16.8. The summed E-state index contributed by atoms with van der Waals surface area (Å²) < 4.78 is 5.66. The van der Waals surface area contributed by atoms with Crippen LogP contribution in [0.4, 0.5) is 5.69 Å². The van der Waals surface area contributed by atoms with Gasteiger partial charge in [-0.05, 0) is 43.2 Å². The van der Waals surface area contributed by atoms with Gasteiger partial charge in [-0.15, -0.1) is 0 Å². The van der Waals surface area contributed by atoms with E-state index in [9.17, 15) is 9.59 Å². The average Bonchev–Trinajstić information content (AvgIpc) is 2.69. The summed E-state index contributed by atoms with van der Waals surface area (Å²) in [6.45, 7) is 4.74. The molecule has 5 nitrogen and oxygen atoms in total. The molecule has 0 saturated carbocycles. The monoisotopic (exact) mass is 396 g/mol. The number of hydrogen-bond acceptors (Lipinski definition) is 4. The molecule has 3 rings (SSSR count). The fourth-order valence-electron chi connectivity index (χ4n) is 2.75. The number of fused-ring (bicyclic) bond motifs is 1. The van der Waals surface area contributed by atoms with Crippen molar-refractivity contribution >= 4 is 29.3 Å². The van der Waals surface area contributed by atoms with Crippen molar-refractivity contribution < 1.29 is 14.3 Å². The third kappa shape index (κ3) is 5.16. The highest BCUT2D eigenvalue weighted by Gasteiger charge is 2.21. The van der Waals surface area contributed by atoms with Crippen LogP contribution >= 0.6 is 11.8 Å². The number of carbonyl (C=O) groups excluding carboxylic acids is 2. The van der Waals surface area contributed by atoms with Crippen LogP contribution in [0.1, 0.15) is 38.3 Å². The van der Waals surface area contributed by atoms with Crippen LogP contribution in [0, 0.1) is 0 Å². The van der Waals surface area contributed by atoms with Gasteiger partial charge in [0.1, 0.15) is 5.75 Å². The third-order valence-electron chi connectivity index (χ3n) is 4.35. The Balaban J connectivity index is 1.60. The van der Waals surface area contributed by atoms with E-state index in [4.69, 9.17) is 4.74 Å². The van der Waals surface area contributed by atoms with Crippen molar-refractivity contribution in [3.8, 4) is 5.75 Å². The molecule has 6 heteroatoms. The summed E-state index contributed by atoms with van der Waals surface area (Å²) in [5.41, 5.74) is 1.74. The minimum Gasteiger partial charge on any atom is -0.494 e. The fourth-order valence-corrected chi connectivity index (χ4v) is 3.67. The third-order valence-corrected chi connectivity index (χ3v) is 5.45.